The number of benzene rings is 2. The first-order valence-corrected chi connectivity index (χ1v) is 9.37. The highest BCUT2D eigenvalue weighted by molar-refractivity contribution is 5.80. The maximum atomic E-state index is 6.24. The van der Waals surface area contributed by atoms with Gasteiger partial charge in [-0.15, -0.1) is 0 Å². The minimum absolute atomic E-state index is 0.0374. The van der Waals surface area contributed by atoms with Gasteiger partial charge in [0.05, 0.1) is 0 Å². The lowest BCUT2D eigenvalue weighted by molar-refractivity contribution is 0.428. The summed E-state index contributed by atoms with van der Waals surface area (Å²) in [5.74, 6) is 0.570. The fourth-order valence-corrected chi connectivity index (χ4v) is 5.37. The van der Waals surface area contributed by atoms with Crippen LogP contribution in [0.5, 0.6) is 0 Å². The molecule has 2 nitrogen and oxygen atoms in total. The Hall–Kier alpha value is -2.48. The molecular weight excluding hydrogens is 304 g/mol. The molecule has 2 aromatic carbocycles. The Morgan fingerprint density at radius 3 is 2.84 bits per heavy atom. The number of nitrogens with two attached hydrogens (primary N) is 1. The summed E-state index contributed by atoms with van der Waals surface area (Å²) in [6.45, 7) is 2.39. The van der Waals surface area contributed by atoms with E-state index >= 15 is 0 Å². The van der Waals surface area contributed by atoms with E-state index in [1.54, 1.807) is 11.1 Å². The van der Waals surface area contributed by atoms with E-state index in [2.05, 4.69) is 60.8 Å². The molecule has 3 N–H and O–H groups in total. The summed E-state index contributed by atoms with van der Waals surface area (Å²) in [6.07, 6.45) is 9.46. The van der Waals surface area contributed by atoms with Gasteiger partial charge in [-0.2, -0.15) is 0 Å². The van der Waals surface area contributed by atoms with Crippen molar-refractivity contribution >= 4 is 17.1 Å². The van der Waals surface area contributed by atoms with Crippen LogP contribution in [0.15, 0.2) is 65.8 Å². The van der Waals surface area contributed by atoms with Crippen molar-refractivity contribution in [1.82, 2.24) is 0 Å². The van der Waals surface area contributed by atoms with Crippen LogP contribution in [0.25, 0.3) is 0 Å². The van der Waals surface area contributed by atoms with Crippen molar-refractivity contribution in [2.75, 3.05) is 11.1 Å². The van der Waals surface area contributed by atoms with Gasteiger partial charge in [0, 0.05) is 22.5 Å². The molecule has 2 heteroatoms. The Morgan fingerprint density at radius 1 is 1.08 bits per heavy atom. The van der Waals surface area contributed by atoms with Crippen LogP contribution in [0.1, 0.15) is 43.7 Å². The second-order valence-electron chi connectivity index (χ2n) is 7.71. The van der Waals surface area contributed by atoms with E-state index in [4.69, 9.17) is 5.73 Å². The molecule has 0 amide bonds. The zero-order chi connectivity index (χ0) is 17.0. The maximum absolute atomic E-state index is 6.24. The van der Waals surface area contributed by atoms with Gasteiger partial charge in [-0.3, -0.25) is 0 Å². The minimum atomic E-state index is -0.0374. The fraction of sp³-hybridized carbons (Fsp3) is 0.304. The molecule has 0 radical (unpaired) electrons. The van der Waals surface area contributed by atoms with Gasteiger partial charge in [-0.1, -0.05) is 37.3 Å². The predicted octanol–water partition coefficient (Wildman–Crippen LogP) is 5.69. The predicted molar refractivity (Wildman–Crippen MR) is 105 cm³/mol. The zero-order valence-electron chi connectivity index (χ0n) is 14.7. The lowest BCUT2D eigenvalue weighted by atomic mass is 9.56. The van der Waals surface area contributed by atoms with Gasteiger partial charge in [-0.05, 0) is 78.1 Å². The first-order valence-electron chi connectivity index (χ1n) is 9.37. The molecule has 0 saturated heterocycles. The van der Waals surface area contributed by atoms with Crippen LogP contribution in [0.4, 0.5) is 17.1 Å². The molecule has 3 aliphatic rings. The quantitative estimate of drug-likeness (QED) is 0.610. The number of fused-ring (bicyclic) bond motifs is 5. The number of hydrogen-bond donors (Lipinski definition) is 2. The van der Waals surface area contributed by atoms with Gasteiger partial charge >= 0.3 is 0 Å². The molecule has 0 bridgehead atoms. The summed E-state index contributed by atoms with van der Waals surface area (Å²) < 4.78 is 0. The summed E-state index contributed by atoms with van der Waals surface area (Å²) in [6, 6.07) is 15.2. The molecular formula is C23H24N2. The lowest BCUT2D eigenvalue weighted by Gasteiger charge is -2.49. The van der Waals surface area contributed by atoms with Crippen LogP contribution < -0.4 is 11.1 Å². The Labute approximate surface area is 149 Å². The van der Waals surface area contributed by atoms with Gasteiger partial charge < -0.3 is 11.1 Å². The topological polar surface area (TPSA) is 38.0 Å². The van der Waals surface area contributed by atoms with Crippen LogP contribution in [0.2, 0.25) is 0 Å². The monoisotopic (exact) mass is 328 g/mol. The minimum Gasteiger partial charge on any atom is -0.399 e. The summed E-state index contributed by atoms with van der Waals surface area (Å²) in [4.78, 5) is 0. The molecule has 2 aromatic rings. The number of hydrogen-bond acceptors (Lipinski definition) is 2. The van der Waals surface area contributed by atoms with Gasteiger partial charge in [0.2, 0.25) is 0 Å². The van der Waals surface area contributed by atoms with E-state index in [1.165, 1.54) is 41.8 Å². The van der Waals surface area contributed by atoms with Crippen LogP contribution in [0.3, 0.4) is 0 Å². The van der Waals surface area contributed by atoms with Gasteiger partial charge in [-0.25, -0.2) is 0 Å². The summed E-state index contributed by atoms with van der Waals surface area (Å²) in [7, 11) is 0. The van der Waals surface area contributed by atoms with E-state index in [0.717, 1.165) is 12.1 Å². The Kier molecular flexibility index (Phi) is 3.12. The molecule has 1 heterocycles. The SMILES string of the molecule is CC1CC=CC2=C1C1(CCC2)c2ccccc2Nc2ccc(N)cc21. The van der Waals surface area contributed by atoms with Crippen molar-refractivity contribution in [3.63, 3.8) is 0 Å². The number of rotatable bonds is 0. The number of allylic oxidation sites excluding steroid dienone is 4. The van der Waals surface area contributed by atoms with E-state index in [-0.39, 0.29) is 5.41 Å². The molecule has 1 aliphatic heterocycles. The summed E-state index contributed by atoms with van der Waals surface area (Å²) >= 11 is 0. The van der Waals surface area contributed by atoms with E-state index in [1.807, 2.05) is 6.07 Å². The zero-order valence-corrected chi connectivity index (χ0v) is 14.7. The molecule has 0 saturated carbocycles. The van der Waals surface area contributed by atoms with Crippen molar-refractivity contribution < 1.29 is 0 Å². The molecule has 126 valence electrons. The second-order valence-corrected chi connectivity index (χ2v) is 7.71. The molecule has 2 atom stereocenters. The summed E-state index contributed by atoms with van der Waals surface area (Å²) in [5, 5.41) is 3.65. The van der Waals surface area contributed by atoms with Crippen LogP contribution in [-0.4, -0.2) is 0 Å². The lowest BCUT2D eigenvalue weighted by Crippen LogP contribution is -2.40. The Bertz CT molecular complexity index is 921. The van der Waals surface area contributed by atoms with Crippen molar-refractivity contribution in [3.8, 4) is 0 Å². The van der Waals surface area contributed by atoms with E-state index in [0.29, 0.717) is 5.92 Å². The number of nitrogen functional groups attached to an aromatic ring is 1. The summed E-state index contributed by atoms with van der Waals surface area (Å²) in [5.41, 5.74) is 15.5. The molecule has 25 heavy (non-hydrogen) atoms. The standard InChI is InChI=1S/C23H24N2/c1-15-6-4-7-16-8-5-13-23(22(15)16)18-9-2-3-10-20(18)25-21-12-11-17(24)14-19(21)23/h2-4,7,9-12,14-15,25H,5-6,8,13,24H2,1H3. The molecule has 0 fully saturated rings. The van der Waals surface area contributed by atoms with Crippen molar-refractivity contribution in [1.29, 1.82) is 0 Å². The van der Waals surface area contributed by atoms with E-state index in [9.17, 15) is 0 Å². The first kappa shape index (κ1) is 14.8. The first-order chi connectivity index (χ1) is 12.2. The third-order valence-electron chi connectivity index (χ3n) is 6.26. The molecule has 1 spiro atoms. The smallest absolute Gasteiger partial charge is 0.0461 e. The second kappa shape index (κ2) is 5.26. The van der Waals surface area contributed by atoms with Crippen molar-refractivity contribution in [2.24, 2.45) is 5.92 Å². The number of nitrogens with one attached hydrogen (secondary N) is 1. The molecule has 2 aliphatic carbocycles. The van der Waals surface area contributed by atoms with Crippen molar-refractivity contribution in [2.45, 2.75) is 38.0 Å². The van der Waals surface area contributed by atoms with E-state index < -0.39 is 0 Å². The molecule has 2 unspecified atom stereocenters. The van der Waals surface area contributed by atoms with Gasteiger partial charge in [0.15, 0.2) is 0 Å². The van der Waals surface area contributed by atoms with Crippen LogP contribution in [-0.2, 0) is 5.41 Å². The average molecular weight is 328 g/mol. The molecule has 5 rings (SSSR count). The highest BCUT2D eigenvalue weighted by Gasteiger charge is 2.47. The average Bonchev–Trinajstić information content (AvgIpc) is 2.63. The normalized spacial score (nSPS) is 26.7. The van der Waals surface area contributed by atoms with Gasteiger partial charge in [0.25, 0.3) is 0 Å². The molecule has 0 aromatic heterocycles. The number of para-hydroxylation sites is 1. The highest BCUT2D eigenvalue weighted by Crippen LogP contribution is 2.58. The third kappa shape index (κ3) is 1.97. The van der Waals surface area contributed by atoms with Crippen LogP contribution in [0, 0.1) is 5.92 Å². The number of anilines is 3. The van der Waals surface area contributed by atoms with Gasteiger partial charge in [0.1, 0.15) is 0 Å². The third-order valence-corrected chi connectivity index (χ3v) is 6.26. The Balaban J connectivity index is 1.89. The maximum Gasteiger partial charge on any atom is 0.0461 e. The highest BCUT2D eigenvalue weighted by atomic mass is 14.9. The Morgan fingerprint density at radius 2 is 1.92 bits per heavy atom. The van der Waals surface area contributed by atoms with Crippen LogP contribution >= 0.6 is 0 Å². The largest absolute Gasteiger partial charge is 0.399 e. The van der Waals surface area contributed by atoms with Crippen molar-refractivity contribution in [3.05, 3.63) is 76.9 Å². The fourth-order valence-electron chi connectivity index (χ4n) is 5.37.